The van der Waals surface area contributed by atoms with Gasteiger partial charge in [-0.3, -0.25) is 4.79 Å². The predicted octanol–water partition coefficient (Wildman–Crippen LogP) is 5.18. The predicted molar refractivity (Wildman–Crippen MR) is 119 cm³/mol. The zero-order chi connectivity index (χ0) is 19.3. The van der Waals surface area contributed by atoms with Gasteiger partial charge in [-0.15, -0.1) is 12.4 Å². The van der Waals surface area contributed by atoms with Gasteiger partial charge in [-0.1, -0.05) is 74.5 Å². The van der Waals surface area contributed by atoms with Crippen molar-refractivity contribution in [1.82, 2.24) is 4.90 Å². The number of benzene rings is 2. The van der Waals surface area contributed by atoms with Crippen molar-refractivity contribution in [2.45, 2.75) is 39.5 Å². The summed E-state index contributed by atoms with van der Waals surface area (Å²) < 4.78 is 5.63. The maximum atomic E-state index is 12.7. The van der Waals surface area contributed by atoms with Crippen LogP contribution in [-0.4, -0.2) is 37.1 Å². The Balaban J connectivity index is 0.00000392. The molecule has 0 saturated heterocycles. The Hall–Kier alpha value is -1.84. The maximum absolute atomic E-state index is 12.7. The van der Waals surface area contributed by atoms with Gasteiger partial charge in [-0.05, 0) is 49.9 Å². The Kier molecular flexibility index (Phi) is 12.3. The van der Waals surface area contributed by atoms with E-state index >= 15 is 0 Å². The molecule has 0 unspecified atom stereocenters. The zero-order valence-electron chi connectivity index (χ0n) is 17.2. The van der Waals surface area contributed by atoms with Gasteiger partial charge in [0.1, 0.15) is 6.61 Å². The van der Waals surface area contributed by atoms with Crippen LogP contribution in [0.5, 0.6) is 0 Å². The molecule has 0 spiro atoms. The lowest BCUT2D eigenvalue weighted by Crippen LogP contribution is -2.29. The summed E-state index contributed by atoms with van der Waals surface area (Å²) in [6.07, 6.45) is 3.48. The highest BCUT2D eigenvalue weighted by Gasteiger charge is 2.20. The molecule has 0 atom stereocenters. The molecule has 28 heavy (non-hydrogen) atoms. The minimum Gasteiger partial charge on any atom is -0.464 e. The number of hydrogen-bond acceptors (Lipinski definition) is 3. The Morgan fingerprint density at radius 1 is 0.857 bits per heavy atom. The van der Waals surface area contributed by atoms with Crippen molar-refractivity contribution in [3.63, 3.8) is 0 Å². The molecule has 0 heterocycles. The molecule has 0 aromatic heterocycles. The molecule has 0 fully saturated rings. The first-order valence-corrected chi connectivity index (χ1v) is 10.2. The quantitative estimate of drug-likeness (QED) is 0.457. The minimum absolute atomic E-state index is 0. The lowest BCUT2D eigenvalue weighted by atomic mass is 9.93. The summed E-state index contributed by atoms with van der Waals surface area (Å²) in [4.78, 5) is 15.0. The van der Waals surface area contributed by atoms with Crippen molar-refractivity contribution in [3.05, 3.63) is 71.8 Å². The highest BCUT2D eigenvalue weighted by molar-refractivity contribution is 5.85. The summed E-state index contributed by atoms with van der Waals surface area (Å²) in [5.41, 5.74) is 2.55. The first-order valence-electron chi connectivity index (χ1n) is 10.2. The molecule has 0 saturated carbocycles. The fourth-order valence-electron chi connectivity index (χ4n) is 3.28. The highest BCUT2D eigenvalue weighted by Crippen LogP contribution is 2.18. The number of halogens is 1. The molecule has 0 N–H and O–H groups in total. The molecule has 0 radical (unpaired) electrons. The van der Waals surface area contributed by atoms with Gasteiger partial charge in [0.2, 0.25) is 0 Å². The van der Waals surface area contributed by atoms with E-state index in [1.165, 1.54) is 11.1 Å². The second-order valence-electron chi connectivity index (χ2n) is 6.94. The molecule has 0 aliphatic carbocycles. The molecule has 0 aliphatic heterocycles. The van der Waals surface area contributed by atoms with Crippen LogP contribution in [0.4, 0.5) is 0 Å². The Morgan fingerprint density at radius 3 is 1.75 bits per heavy atom. The van der Waals surface area contributed by atoms with Crippen LogP contribution >= 0.6 is 12.4 Å². The van der Waals surface area contributed by atoms with Gasteiger partial charge >= 0.3 is 5.97 Å². The van der Waals surface area contributed by atoms with Gasteiger partial charge in [0.15, 0.2) is 0 Å². The molecule has 2 aromatic rings. The van der Waals surface area contributed by atoms with E-state index in [-0.39, 0.29) is 24.3 Å². The van der Waals surface area contributed by atoms with Crippen LogP contribution in [-0.2, 0) is 22.4 Å². The average Bonchev–Trinajstić information content (AvgIpc) is 2.72. The number of hydrogen-bond donors (Lipinski definition) is 0. The van der Waals surface area contributed by atoms with Crippen molar-refractivity contribution in [3.8, 4) is 0 Å². The van der Waals surface area contributed by atoms with E-state index in [1.807, 2.05) is 12.1 Å². The molecular formula is C24H34ClNO2. The number of ether oxygens (including phenoxy) is 1. The first kappa shape index (κ1) is 24.2. The normalized spacial score (nSPS) is 10.7. The minimum atomic E-state index is -0.0536. The van der Waals surface area contributed by atoms with Gasteiger partial charge < -0.3 is 9.64 Å². The number of rotatable bonds is 12. The molecule has 2 aromatic carbocycles. The third-order valence-electron chi connectivity index (χ3n) is 5.13. The van der Waals surface area contributed by atoms with E-state index in [0.29, 0.717) is 6.61 Å². The fraction of sp³-hybridized carbons (Fsp3) is 0.458. The van der Waals surface area contributed by atoms with E-state index in [2.05, 4.69) is 67.3 Å². The maximum Gasteiger partial charge on any atom is 0.308 e. The number of carbonyl (C=O) groups is 1. The second kappa shape index (κ2) is 14.2. The lowest BCUT2D eigenvalue weighted by Gasteiger charge is -2.20. The average molecular weight is 404 g/mol. The summed E-state index contributed by atoms with van der Waals surface area (Å²) in [6, 6.07) is 20.8. The van der Waals surface area contributed by atoms with Crippen LogP contribution in [0.2, 0.25) is 0 Å². The van der Waals surface area contributed by atoms with Crippen LogP contribution in [0.15, 0.2) is 60.7 Å². The Labute approximate surface area is 176 Å². The Bertz CT molecular complexity index is 601. The van der Waals surface area contributed by atoms with Crippen molar-refractivity contribution in [2.75, 3.05) is 26.2 Å². The van der Waals surface area contributed by atoms with E-state index in [1.54, 1.807) is 0 Å². The molecule has 0 aliphatic rings. The number of nitrogens with zero attached hydrogens (tertiary/aromatic N) is 1. The monoisotopic (exact) mass is 403 g/mol. The number of esters is 1. The van der Waals surface area contributed by atoms with Gasteiger partial charge in [0, 0.05) is 6.54 Å². The van der Waals surface area contributed by atoms with E-state index in [4.69, 9.17) is 4.74 Å². The summed E-state index contributed by atoms with van der Waals surface area (Å²) >= 11 is 0. The van der Waals surface area contributed by atoms with Crippen molar-refractivity contribution < 1.29 is 9.53 Å². The summed E-state index contributed by atoms with van der Waals surface area (Å²) in [6.45, 7) is 7.52. The van der Waals surface area contributed by atoms with E-state index in [9.17, 15) is 4.79 Å². The van der Waals surface area contributed by atoms with Crippen LogP contribution in [0, 0.1) is 5.92 Å². The third kappa shape index (κ3) is 8.90. The third-order valence-corrected chi connectivity index (χ3v) is 5.13. The van der Waals surface area contributed by atoms with Gasteiger partial charge in [-0.25, -0.2) is 0 Å². The fourth-order valence-corrected chi connectivity index (χ4v) is 3.28. The molecule has 4 heteroatoms. The van der Waals surface area contributed by atoms with Crippen molar-refractivity contribution in [1.29, 1.82) is 0 Å². The smallest absolute Gasteiger partial charge is 0.308 e. The molecular weight excluding hydrogens is 370 g/mol. The van der Waals surface area contributed by atoms with Gasteiger partial charge in [-0.2, -0.15) is 0 Å². The number of likely N-dealkylation sites (N-methyl/N-ethyl adjacent to an activating group) is 1. The largest absolute Gasteiger partial charge is 0.464 e. The summed E-state index contributed by atoms with van der Waals surface area (Å²) in [5, 5.41) is 0. The SMILES string of the molecule is CCN(CC)CCOC(=O)C(CCc1ccccc1)CCc1ccccc1.Cl. The molecule has 3 nitrogen and oxygen atoms in total. The summed E-state index contributed by atoms with van der Waals surface area (Å²) in [7, 11) is 0. The van der Waals surface area contributed by atoms with Crippen LogP contribution in [0.3, 0.4) is 0 Å². The highest BCUT2D eigenvalue weighted by atomic mass is 35.5. The zero-order valence-corrected chi connectivity index (χ0v) is 18.0. The topological polar surface area (TPSA) is 29.5 Å². The molecule has 154 valence electrons. The lowest BCUT2D eigenvalue weighted by molar-refractivity contribution is -0.149. The van der Waals surface area contributed by atoms with Crippen LogP contribution in [0.1, 0.15) is 37.8 Å². The first-order chi connectivity index (χ1) is 13.2. The standard InChI is InChI=1S/C24H33NO2.ClH/c1-3-25(4-2)19-20-27-24(26)23(17-15-21-11-7-5-8-12-21)18-16-22-13-9-6-10-14-22;/h5-14,23H,3-4,15-20H2,1-2H3;1H. The summed E-state index contributed by atoms with van der Waals surface area (Å²) in [5.74, 6) is -0.101. The molecule has 2 rings (SSSR count). The van der Waals surface area contributed by atoms with Gasteiger partial charge in [0.05, 0.1) is 5.92 Å². The van der Waals surface area contributed by atoms with Gasteiger partial charge in [0.25, 0.3) is 0 Å². The molecule has 0 amide bonds. The van der Waals surface area contributed by atoms with Crippen molar-refractivity contribution >= 4 is 18.4 Å². The number of carbonyl (C=O) groups excluding carboxylic acids is 1. The molecule has 0 bridgehead atoms. The van der Waals surface area contributed by atoms with Crippen LogP contribution in [0.25, 0.3) is 0 Å². The second-order valence-corrected chi connectivity index (χ2v) is 6.94. The van der Waals surface area contributed by atoms with Crippen molar-refractivity contribution in [2.24, 2.45) is 5.92 Å². The van der Waals surface area contributed by atoms with E-state index < -0.39 is 0 Å². The van der Waals surface area contributed by atoms with Crippen LogP contribution < -0.4 is 0 Å². The Morgan fingerprint density at radius 2 is 1.32 bits per heavy atom. The number of aryl methyl sites for hydroxylation is 2. The van der Waals surface area contributed by atoms with E-state index in [0.717, 1.165) is 45.3 Å².